The van der Waals surface area contributed by atoms with Crippen LogP contribution >= 0.6 is 11.6 Å². The van der Waals surface area contributed by atoms with Crippen molar-refractivity contribution in [1.29, 1.82) is 0 Å². The molecule has 5 rings (SSSR count). The highest BCUT2D eigenvalue weighted by Crippen LogP contribution is 2.27. The smallest absolute Gasteiger partial charge is 0.185 e. The molecular weight excluding hydrogens is 393 g/mol. The summed E-state index contributed by atoms with van der Waals surface area (Å²) in [6.07, 6.45) is 4.30. The lowest BCUT2D eigenvalue weighted by atomic mass is 10.2. The van der Waals surface area contributed by atoms with E-state index in [1.807, 2.05) is 29.2 Å². The summed E-state index contributed by atoms with van der Waals surface area (Å²) in [6, 6.07) is 12.4. The van der Waals surface area contributed by atoms with Crippen LogP contribution in [0.5, 0.6) is 0 Å². The number of nitrogens with zero attached hydrogens (tertiary/aromatic N) is 6. The van der Waals surface area contributed by atoms with Crippen LogP contribution in [-0.2, 0) is 0 Å². The lowest BCUT2D eigenvalue weighted by Crippen LogP contribution is -2.27. The Balaban J connectivity index is 1.36. The fourth-order valence-electron chi connectivity index (χ4n) is 3.59. The number of hydrogen-bond donors (Lipinski definition) is 1. The van der Waals surface area contributed by atoms with Crippen molar-refractivity contribution in [1.82, 2.24) is 24.8 Å². The molecule has 0 saturated carbocycles. The number of hydrogen-bond acceptors (Lipinski definition) is 6. The van der Waals surface area contributed by atoms with E-state index in [9.17, 15) is 4.39 Å². The van der Waals surface area contributed by atoms with E-state index in [2.05, 4.69) is 25.6 Å². The van der Waals surface area contributed by atoms with Gasteiger partial charge in [-0.3, -0.25) is 4.98 Å². The summed E-state index contributed by atoms with van der Waals surface area (Å²) in [5, 5.41) is 16.9. The molecule has 1 aromatic carbocycles. The summed E-state index contributed by atoms with van der Waals surface area (Å²) in [5.41, 5.74) is 2.13. The topological polar surface area (TPSA) is 71.2 Å². The highest BCUT2D eigenvalue weighted by Gasteiger charge is 2.25. The number of fused-ring (bicyclic) bond motifs is 1. The number of nitrogens with one attached hydrogen (secondary N) is 1. The lowest BCUT2D eigenvalue weighted by molar-refractivity contribution is 0.623. The molecule has 0 bridgehead atoms. The Hall–Kier alpha value is -3.26. The van der Waals surface area contributed by atoms with Gasteiger partial charge in [0.2, 0.25) is 0 Å². The molecule has 1 unspecified atom stereocenters. The van der Waals surface area contributed by atoms with Gasteiger partial charge in [0, 0.05) is 42.1 Å². The zero-order valence-electron chi connectivity index (χ0n) is 15.3. The molecule has 146 valence electrons. The van der Waals surface area contributed by atoms with Crippen LogP contribution in [0.15, 0.2) is 54.9 Å². The van der Waals surface area contributed by atoms with Crippen LogP contribution in [-0.4, -0.2) is 43.9 Å². The first-order valence-electron chi connectivity index (χ1n) is 9.27. The van der Waals surface area contributed by atoms with E-state index >= 15 is 0 Å². The highest BCUT2D eigenvalue weighted by atomic mass is 35.5. The van der Waals surface area contributed by atoms with Crippen molar-refractivity contribution in [2.24, 2.45) is 0 Å². The third kappa shape index (κ3) is 3.47. The molecule has 29 heavy (non-hydrogen) atoms. The first kappa shape index (κ1) is 17.8. The zero-order chi connectivity index (χ0) is 19.8. The van der Waals surface area contributed by atoms with Gasteiger partial charge in [-0.15, -0.1) is 15.3 Å². The van der Waals surface area contributed by atoms with Crippen molar-refractivity contribution in [3.8, 4) is 11.4 Å². The minimum absolute atomic E-state index is 0.149. The SMILES string of the molecule is Fc1cc(Cl)ccc1N1CCC(Nc2ccc3nnc(-c4ccncc4)n3n2)C1. The van der Waals surface area contributed by atoms with Gasteiger partial charge in [0.15, 0.2) is 11.5 Å². The van der Waals surface area contributed by atoms with E-state index in [0.717, 1.165) is 24.3 Å². The molecule has 1 aliphatic heterocycles. The highest BCUT2D eigenvalue weighted by molar-refractivity contribution is 6.30. The maximum absolute atomic E-state index is 14.2. The van der Waals surface area contributed by atoms with Gasteiger partial charge in [0.05, 0.1) is 5.69 Å². The third-order valence-electron chi connectivity index (χ3n) is 4.99. The van der Waals surface area contributed by atoms with Crippen molar-refractivity contribution in [2.75, 3.05) is 23.3 Å². The van der Waals surface area contributed by atoms with Gasteiger partial charge in [-0.1, -0.05) is 11.6 Å². The Labute approximate surface area is 171 Å². The summed E-state index contributed by atoms with van der Waals surface area (Å²) in [6.45, 7) is 1.44. The molecule has 1 N–H and O–H groups in total. The van der Waals surface area contributed by atoms with Crippen LogP contribution in [0.25, 0.3) is 17.0 Å². The standard InChI is InChI=1S/C20H17ClFN7/c21-14-1-2-17(16(22)11-14)28-10-7-15(12-28)24-18-3-4-19-25-26-20(29(19)27-18)13-5-8-23-9-6-13/h1-6,8-9,11,15H,7,10,12H2,(H,24,27). The van der Waals surface area contributed by atoms with Crippen molar-refractivity contribution >= 4 is 28.8 Å². The Morgan fingerprint density at radius 2 is 1.93 bits per heavy atom. The number of halogens is 2. The Morgan fingerprint density at radius 1 is 1.07 bits per heavy atom. The number of rotatable bonds is 4. The molecular formula is C20H17ClFN7. The summed E-state index contributed by atoms with van der Waals surface area (Å²) < 4.78 is 15.9. The van der Waals surface area contributed by atoms with E-state index < -0.39 is 0 Å². The molecule has 4 aromatic rings. The second-order valence-corrected chi connectivity index (χ2v) is 7.36. The maximum Gasteiger partial charge on any atom is 0.185 e. The van der Waals surface area contributed by atoms with Crippen molar-refractivity contribution < 1.29 is 4.39 Å². The Bertz CT molecular complexity index is 1160. The lowest BCUT2D eigenvalue weighted by Gasteiger charge is -2.20. The second-order valence-electron chi connectivity index (χ2n) is 6.92. The van der Waals surface area contributed by atoms with E-state index in [0.29, 0.717) is 28.7 Å². The van der Waals surface area contributed by atoms with Crippen LogP contribution in [0, 0.1) is 5.82 Å². The van der Waals surface area contributed by atoms with Gasteiger partial charge in [0.1, 0.15) is 11.6 Å². The fourth-order valence-corrected chi connectivity index (χ4v) is 3.75. The van der Waals surface area contributed by atoms with Crippen molar-refractivity contribution in [3.63, 3.8) is 0 Å². The van der Waals surface area contributed by atoms with Crippen LogP contribution in [0.1, 0.15) is 6.42 Å². The first-order chi connectivity index (χ1) is 14.2. The Kier molecular flexibility index (Phi) is 4.48. The number of pyridine rings is 1. The average molecular weight is 410 g/mol. The molecule has 9 heteroatoms. The van der Waals surface area contributed by atoms with Gasteiger partial charge < -0.3 is 10.2 Å². The molecule has 0 aliphatic carbocycles. The molecule has 4 heterocycles. The molecule has 1 saturated heterocycles. The number of anilines is 2. The summed E-state index contributed by atoms with van der Waals surface area (Å²) >= 11 is 5.86. The normalized spacial score (nSPS) is 16.5. The molecule has 0 spiro atoms. The molecule has 3 aromatic heterocycles. The summed E-state index contributed by atoms with van der Waals surface area (Å²) in [7, 11) is 0. The quantitative estimate of drug-likeness (QED) is 0.554. The van der Waals surface area contributed by atoms with Crippen LogP contribution in [0.2, 0.25) is 5.02 Å². The van der Waals surface area contributed by atoms with Crippen molar-refractivity contribution in [2.45, 2.75) is 12.5 Å². The first-order valence-corrected chi connectivity index (χ1v) is 9.64. The monoisotopic (exact) mass is 409 g/mol. The number of aromatic nitrogens is 5. The van der Waals surface area contributed by atoms with E-state index in [1.165, 1.54) is 6.07 Å². The largest absolute Gasteiger partial charge is 0.367 e. The van der Waals surface area contributed by atoms with Gasteiger partial charge in [-0.05, 0) is 48.9 Å². The van der Waals surface area contributed by atoms with Gasteiger partial charge in [0.25, 0.3) is 0 Å². The second kappa shape index (κ2) is 7.29. The molecule has 0 amide bonds. The minimum Gasteiger partial charge on any atom is -0.367 e. The average Bonchev–Trinajstić information content (AvgIpc) is 3.35. The van der Waals surface area contributed by atoms with Gasteiger partial charge in [-0.2, -0.15) is 4.52 Å². The molecule has 1 aliphatic rings. The number of benzene rings is 1. The van der Waals surface area contributed by atoms with E-state index in [1.54, 1.807) is 29.0 Å². The molecule has 0 radical (unpaired) electrons. The molecule has 7 nitrogen and oxygen atoms in total. The molecule has 1 atom stereocenters. The van der Waals surface area contributed by atoms with Gasteiger partial charge in [-0.25, -0.2) is 4.39 Å². The van der Waals surface area contributed by atoms with Crippen molar-refractivity contribution in [3.05, 3.63) is 65.7 Å². The fraction of sp³-hybridized carbons (Fsp3) is 0.200. The predicted octanol–water partition coefficient (Wildman–Crippen LogP) is 3.67. The molecule has 1 fully saturated rings. The third-order valence-corrected chi connectivity index (χ3v) is 5.23. The van der Waals surface area contributed by atoms with E-state index in [-0.39, 0.29) is 11.9 Å². The summed E-state index contributed by atoms with van der Waals surface area (Å²) in [5.74, 6) is 1.07. The summed E-state index contributed by atoms with van der Waals surface area (Å²) in [4.78, 5) is 6.05. The van der Waals surface area contributed by atoms with Crippen LogP contribution in [0.4, 0.5) is 15.9 Å². The predicted molar refractivity (Wildman–Crippen MR) is 110 cm³/mol. The minimum atomic E-state index is -0.302. The van der Waals surface area contributed by atoms with Crippen LogP contribution < -0.4 is 10.2 Å². The van der Waals surface area contributed by atoms with Crippen LogP contribution in [0.3, 0.4) is 0 Å². The maximum atomic E-state index is 14.2. The zero-order valence-corrected chi connectivity index (χ0v) is 16.1. The Morgan fingerprint density at radius 3 is 2.76 bits per heavy atom. The van der Waals surface area contributed by atoms with E-state index in [4.69, 9.17) is 11.6 Å². The van der Waals surface area contributed by atoms with Gasteiger partial charge >= 0.3 is 0 Å².